The van der Waals surface area contributed by atoms with Crippen molar-refractivity contribution >= 4 is 34.5 Å². The molecule has 0 radical (unpaired) electrons. The van der Waals surface area contributed by atoms with Crippen molar-refractivity contribution in [3.8, 4) is 0 Å². The molecule has 0 spiro atoms. The first-order valence-corrected chi connectivity index (χ1v) is 5.20. The van der Waals surface area contributed by atoms with Crippen molar-refractivity contribution in [1.82, 2.24) is 5.32 Å². The molecule has 1 unspecified atom stereocenters. The van der Waals surface area contributed by atoms with Crippen LogP contribution in [-0.4, -0.2) is 27.7 Å². The molecule has 0 bridgehead atoms. The largest absolute Gasteiger partial charge is 0.479 e. The summed E-state index contributed by atoms with van der Waals surface area (Å²) in [6, 6.07) is 0. The Morgan fingerprint density at radius 3 is 2.40 bits per heavy atom. The number of carboxylic acids is 2. The highest BCUT2D eigenvalue weighted by atomic mass is 127. The SMILES string of the molecule is CC1=CC(I)=C(C(=O)O)C(C)(C(=O)O)N1. The van der Waals surface area contributed by atoms with Gasteiger partial charge in [-0.05, 0) is 42.5 Å². The Morgan fingerprint density at radius 2 is 2.00 bits per heavy atom. The molecule has 0 aromatic carbocycles. The number of nitrogens with one attached hydrogen (secondary N) is 1. The quantitative estimate of drug-likeness (QED) is 0.663. The third kappa shape index (κ3) is 1.99. The molecule has 0 amide bonds. The van der Waals surface area contributed by atoms with Gasteiger partial charge >= 0.3 is 11.9 Å². The zero-order valence-electron chi connectivity index (χ0n) is 8.17. The Bertz CT molecular complexity index is 399. The summed E-state index contributed by atoms with van der Waals surface area (Å²) >= 11 is 1.83. The molecular weight excluding hydrogens is 313 g/mol. The maximum atomic E-state index is 11.1. The van der Waals surface area contributed by atoms with Crippen LogP contribution in [-0.2, 0) is 9.59 Å². The number of rotatable bonds is 2. The maximum Gasteiger partial charge on any atom is 0.335 e. The Labute approximate surface area is 100.0 Å². The van der Waals surface area contributed by atoms with Gasteiger partial charge in [0.25, 0.3) is 0 Å². The molecule has 0 aromatic rings. The Hall–Kier alpha value is -1.05. The lowest BCUT2D eigenvalue weighted by Crippen LogP contribution is -2.53. The van der Waals surface area contributed by atoms with Crippen molar-refractivity contribution in [2.45, 2.75) is 19.4 Å². The minimum atomic E-state index is -1.57. The van der Waals surface area contributed by atoms with Crippen molar-refractivity contribution in [2.24, 2.45) is 0 Å². The lowest BCUT2D eigenvalue weighted by atomic mass is 9.88. The summed E-state index contributed by atoms with van der Waals surface area (Å²) in [6.45, 7) is 3.03. The van der Waals surface area contributed by atoms with Crippen LogP contribution >= 0.6 is 22.6 Å². The predicted octanol–water partition coefficient (Wildman–Crippen LogP) is 1.11. The zero-order chi connectivity index (χ0) is 11.8. The molecule has 3 N–H and O–H groups in total. The number of carbonyl (C=O) groups is 2. The van der Waals surface area contributed by atoms with Gasteiger partial charge in [0, 0.05) is 9.28 Å². The minimum absolute atomic E-state index is 0.138. The highest BCUT2D eigenvalue weighted by Gasteiger charge is 2.44. The summed E-state index contributed by atoms with van der Waals surface area (Å²) in [6.07, 6.45) is 1.61. The number of carboxylic acid groups (broad SMARTS) is 2. The van der Waals surface area contributed by atoms with Crippen LogP contribution in [0.4, 0.5) is 0 Å². The molecule has 1 rings (SSSR count). The van der Waals surface area contributed by atoms with E-state index in [1.807, 2.05) is 22.6 Å². The van der Waals surface area contributed by atoms with E-state index in [1.165, 1.54) is 6.92 Å². The minimum Gasteiger partial charge on any atom is -0.479 e. The van der Waals surface area contributed by atoms with Crippen LogP contribution in [0.2, 0.25) is 0 Å². The van der Waals surface area contributed by atoms with E-state index in [0.717, 1.165) is 0 Å². The highest BCUT2D eigenvalue weighted by molar-refractivity contribution is 14.1. The van der Waals surface area contributed by atoms with Gasteiger partial charge in [-0.15, -0.1) is 0 Å². The van der Waals surface area contributed by atoms with E-state index in [4.69, 9.17) is 10.2 Å². The molecule has 1 atom stereocenters. The van der Waals surface area contributed by atoms with Gasteiger partial charge in [0.2, 0.25) is 0 Å². The van der Waals surface area contributed by atoms with Crippen LogP contribution in [0, 0.1) is 0 Å². The van der Waals surface area contributed by atoms with Gasteiger partial charge in [-0.2, -0.15) is 0 Å². The number of hydrogen-bond acceptors (Lipinski definition) is 3. The van der Waals surface area contributed by atoms with Crippen LogP contribution in [0.1, 0.15) is 13.8 Å². The van der Waals surface area contributed by atoms with Crippen molar-refractivity contribution in [3.63, 3.8) is 0 Å². The fourth-order valence-electron chi connectivity index (χ4n) is 1.47. The van der Waals surface area contributed by atoms with Crippen LogP contribution in [0.25, 0.3) is 0 Å². The molecule has 0 aliphatic carbocycles. The first-order valence-electron chi connectivity index (χ1n) is 4.12. The van der Waals surface area contributed by atoms with E-state index < -0.39 is 17.5 Å². The lowest BCUT2D eigenvalue weighted by molar-refractivity contribution is -0.145. The number of dihydropyridines is 1. The predicted molar refractivity (Wildman–Crippen MR) is 61.6 cm³/mol. The van der Waals surface area contributed by atoms with Crippen LogP contribution in [0.5, 0.6) is 0 Å². The fraction of sp³-hybridized carbons (Fsp3) is 0.333. The number of halogens is 1. The van der Waals surface area contributed by atoms with E-state index in [-0.39, 0.29) is 5.57 Å². The molecule has 0 fully saturated rings. The van der Waals surface area contributed by atoms with Gasteiger partial charge < -0.3 is 15.5 Å². The van der Waals surface area contributed by atoms with Gasteiger partial charge in [-0.25, -0.2) is 9.59 Å². The van der Waals surface area contributed by atoms with Gasteiger partial charge in [-0.1, -0.05) is 0 Å². The summed E-state index contributed by atoms with van der Waals surface area (Å²) < 4.78 is 0.432. The summed E-state index contributed by atoms with van der Waals surface area (Å²) in [5.74, 6) is -2.43. The first-order chi connectivity index (χ1) is 6.79. The molecule has 0 saturated heterocycles. The van der Waals surface area contributed by atoms with Crippen molar-refractivity contribution in [2.75, 3.05) is 0 Å². The van der Waals surface area contributed by atoms with Gasteiger partial charge in [0.1, 0.15) is 0 Å². The summed E-state index contributed by atoms with van der Waals surface area (Å²) in [7, 11) is 0. The number of allylic oxidation sites excluding steroid dienone is 3. The molecule has 0 aromatic heterocycles. The molecular formula is C9H10INO4. The second-order valence-electron chi connectivity index (χ2n) is 3.41. The van der Waals surface area contributed by atoms with Gasteiger partial charge in [-0.3, -0.25) is 0 Å². The Balaban J connectivity index is 3.39. The topological polar surface area (TPSA) is 86.6 Å². The van der Waals surface area contributed by atoms with Crippen LogP contribution in [0.3, 0.4) is 0 Å². The molecule has 82 valence electrons. The summed E-state index contributed by atoms with van der Waals surface area (Å²) in [5.41, 5.74) is -1.07. The molecule has 0 saturated carbocycles. The van der Waals surface area contributed by atoms with Crippen molar-refractivity contribution in [3.05, 3.63) is 20.9 Å². The lowest BCUT2D eigenvalue weighted by Gasteiger charge is -2.32. The van der Waals surface area contributed by atoms with Crippen molar-refractivity contribution in [1.29, 1.82) is 0 Å². The number of aliphatic carboxylic acids is 2. The third-order valence-corrected chi connectivity index (χ3v) is 3.02. The average Bonchev–Trinajstić information content (AvgIpc) is 2.00. The van der Waals surface area contributed by atoms with E-state index in [9.17, 15) is 9.59 Å². The first kappa shape index (κ1) is 12.0. The van der Waals surface area contributed by atoms with Crippen LogP contribution in [0.15, 0.2) is 20.9 Å². The Morgan fingerprint density at radius 1 is 1.47 bits per heavy atom. The van der Waals surface area contributed by atoms with E-state index in [2.05, 4.69) is 5.32 Å². The van der Waals surface area contributed by atoms with Gasteiger partial charge in [0.15, 0.2) is 5.54 Å². The standard InChI is InChI=1S/C9H10INO4/c1-4-3-5(10)6(7(12)13)9(2,11-4)8(14)15/h3,11H,1-2H3,(H,12,13)(H,14,15). The molecule has 1 heterocycles. The van der Waals surface area contributed by atoms with E-state index in [0.29, 0.717) is 9.28 Å². The normalized spacial score (nSPS) is 25.7. The monoisotopic (exact) mass is 323 g/mol. The average molecular weight is 323 g/mol. The maximum absolute atomic E-state index is 11.1. The smallest absolute Gasteiger partial charge is 0.335 e. The molecule has 1 aliphatic heterocycles. The number of hydrogen-bond donors (Lipinski definition) is 3. The molecule has 1 aliphatic rings. The van der Waals surface area contributed by atoms with Gasteiger partial charge in [0.05, 0.1) is 5.57 Å². The van der Waals surface area contributed by atoms with Crippen LogP contribution < -0.4 is 5.32 Å². The molecule has 6 heteroatoms. The molecule has 5 nitrogen and oxygen atoms in total. The highest BCUT2D eigenvalue weighted by Crippen LogP contribution is 2.31. The Kier molecular flexibility index (Phi) is 3.08. The molecule has 15 heavy (non-hydrogen) atoms. The third-order valence-electron chi connectivity index (χ3n) is 2.17. The summed E-state index contributed by atoms with van der Waals surface area (Å²) in [4.78, 5) is 22.1. The second kappa shape index (κ2) is 3.84. The fourth-order valence-corrected chi connectivity index (χ4v) is 2.71. The second-order valence-corrected chi connectivity index (χ2v) is 4.57. The summed E-state index contributed by atoms with van der Waals surface area (Å²) in [5, 5.41) is 20.7. The van der Waals surface area contributed by atoms with E-state index in [1.54, 1.807) is 13.0 Å². The van der Waals surface area contributed by atoms with Crippen molar-refractivity contribution < 1.29 is 19.8 Å². The van der Waals surface area contributed by atoms with E-state index >= 15 is 0 Å². The zero-order valence-corrected chi connectivity index (χ0v) is 10.3.